The summed E-state index contributed by atoms with van der Waals surface area (Å²) in [5.74, 6) is -0.771. The van der Waals surface area contributed by atoms with Gasteiger partial charge in [0.25, 0.3) is 5.91 Å². The van der Waals surface area contributed by atoms with Gasteiger partial charge in [-0.1, -0.05) is 6.07 Å². The molecule has 0 unspecified atom stereocenters. The Morgan fingerprint density at radius 2 is 2.09 bits per heavy atom. The lowest BCUT2D eigenvalue weighted by Crippen LogP contribution is -2.12. The van der Waals surface area contributed by atoms with Gasteiger partial charge in [-0.25, -0.2) is 9.37 Å². The highest BCUT2D eigenvalue weighted by atomic mass is 32.1. The van der Waals surface area contributed by atoms with E-state index >= 15 is 0 Å². The van der Waals surface area contributed by atoms with E-state index in [1.807, 2.05) is 16.8 Å². The lowest BCUT2D eigenvalue weighted by atomic mass is 10.2. The summed E-state index contributed by atoms with van der Waals surface area (Å²) in [6.45, 7) is 3.59. The molecule has 2 aromatic heterocycles. The van der Waals surface area contributed by atoms with Gasteiger partial charge in [0.2, 0.25) is 0 Å². The number of thiophene rings is 1. The van der Waals surface area contributed by atoms with Crippen LogP contribution < -0.4 is 5.32 Å². The van der Waals surface area contributed by atoms with Gasteiger partial charge in [0, 0.05) is 10.9 Å². The number of benzene rings is 1. The van der Waals surface area contributed by atoms with Crippen molar-refractivity contribution < 1.29 is 9.18 Å². The summed E-state index contributed by atoms with van der Waals surface area (Å²) < 4.78 is 13.8. The van der Waals surface area contributed by atoms with Gasteiger partial charge in [0.05, 0.1) is 11.4 Å². The molecule has 0 bridgehead atoms. The van der Waals surface area contributed by atoms with E-state index in [0.29, 0.717) is 10.6 Å². The third-order valence-corrected chi connectivity index (χ3v) is 5.03. The molecule has 0 aliphatic carbocycles. The zero-order valence-electron chi connectivity index (χ0n) is 12.0. The molecular weight excluding hydrogens is 319 g/mol. The van der Waals surface area contributed by atoms with Gasteiger partial charge in [-0.15, -0.1) is 11.3 Å². The number of nitrogens with zero attached hydrogens (tertiary/aromatic N) is 1. The van der Waals surface area contributed by atoms with Gasteiger partial charge < -0.3 is 5.32 Å². The van der Waals surface area contributed by atoms with Crippen LogP contribution in [0.1, 0.15) is 20.9 Å². The Kier molecular flexibility index (Phi) is 4.04. The van der Waals surface area contributed by atoms with E-state index in [1.165, 1.54) is 17.4 Å². The second-order valence-electron chi connectivity index (χ2n) is 4.88. The summed E-state index contributed by atoms with van der Waals surface area (Å²) in [7, 11) is 0. The first kappa shape index (κ1) is 14.9. The first-order valence-electron chi connectivity index (χ1n) is 6.62. The van der Waals surface area contributed by atoms with Crippen LogP contribution in [-0.4, -0.2) is 10.9 Å². The summed E-state index contributed by atoms with van der Waals surface area (Å²) in [4.78, 5) is 17.3. The first-order chi connectivity index (χ1) is 10.5. The molecule has 0 saturated heterocycles. The van der Waals surface area contributed by atoms with E-state index in [2.05, 4.69) is 10.3 Å². The molecule has 3 nitrogen and oxygen atoms in total. The lowest BCUT2D eigenvalue weighted by Gasteiger charge is -2.06. The number of halogens is 1. The number of thiazole rings is 1. The fourth-order valence-corrected chi connectivity index (χ4v) is 3.69. The van der Waals surface area contributed by atoms with Crippen LogP contribution in [0.15, 0.2) is 35.0 Å². The fourth-order valence-electron chi connectivity index (χ4n) is 2.02. The van der Waals surface area contributed by atoms with Gasteiger partial charge in [0.1, 0.15) is 15.7 Å². The van der Waals surface area contributed by atoms with Gasteiger partial charge in [-0.05, 0) is 43.0 Å². The Morgan fingerprint density at radius 1 is 1.27 bits per heavy atom. The van der Waals surface area contributed by atoms with Crippen LogP contribution in [0.2, 0.25) is 0 Å². The van der Waals surface area contributed by atoms with Gasteiger partial charge in [0.15, 0.2) is 0 Å². The van der Waals surface area contributed by atoms with Crippen molar-refractivity contribution in [2.75, 3.05) is 5.32 Å². The van der Waals surface area contributed by atoms with Crippen molar-refractivity contribution in [3.05, 3.63) is 57.0 Å². The molecule has 0 fully saturated rings. The molecule has 0 atom stereocenters. The van der Waals surface area contributed by atoms with Gasteiger partial charge in [-0.2, -0.15) is 11.3 Å². The third kappa shape index (κ3) is 2.93. The van der Waals surface area contributed by atoms with Crippen LogP contribution >= 0.6 is 22.7 Å². The molecule has 112 valence electrons. The predicted molar refractivity (Wildman–Crippen MR) is 89.3 cm³/mol. The van der Waals surface area contributed by atoms with Crippen molar-refractivity contribution in [1.29, 1.82) is 0 Å². The van der Waals surface area contributed by atoms with E-state index in [1.54, 1.807) is 37.3 Å². The molecular formula is C16H13FN2OS2. The number of hydrogen-bond donors (Lipinski definition) is 1. The highest BCUT2D eigenvalue weighted by Crippen LogP contribution is 2.30. The average Bonchev–Trinajstić information content (AvgIpc) is 3.10. The largest absolute Gasteiger partial charge is 0.319 e. The zero-order valence-corrected chi connectivity index (χ0v) is 13.6. The van der Waals surface area contributed by atoms with E-state index in [-0.39, 0.29) is 11.6 Å². The first-order valence-corrected chi connectivity index (χ1v) is 8.38. The number of amides is 1. The molecule has 1 amide bonds. The number of aromatic nitrogens is 1. The monoisotopic (exact) mass is 332 g/mol. The van der Waals surface area contributed by atoms with Crippen LogP contribution in [0, 0.1) is 19.7 Å². The molecule has 22 heavy (non-hydrogen) atoms. The minimum atomic E-state index is -0.437. The number of anilines is 1. The van der Waals surface area contributed by atoms with Gasteiger partial charge >= 0.3 is 0 Å². The van der Waals surface area contributed by atoms with Gasteiger partial charge in [-0.3, -0.25) is 4.79 Å². The Labute approximate surface area is 135 Å². The van der Waals surface area contributed by atoms with E-state index in [0.717, 1.165) is 16.1 Å². The molecule has 6 heteroatoms. The average molecular weight is 332 g/mol. The second kappa shape index (κ2) is 5.98. The maximum absolute atomic E-state index is 13.8. The molecule has 0 aliphatic rings. The summed E-state index contributed by atoms with van der Waals surface area (Å²) in [5.41, 5.74) is 2.64. The summed E-state index contributed by atoms with van der Waals surface area (Å²) >= 11 is 2.90. The van der Waals surface area contributed by atoms with Crippen LogP contribution in [0.5, 0.6) is 0 Å². The van der Waals surface area contributed by atoms with Crippen molar-refractivity contribution in [1.82, 2.24) is 4.98 Å². The lowest BCUT2D eigenvalue weighted by molar-refractivity contribution is 0.102. The smallest absolute Gasteiger partial charge is 0.267 e. The highest BCUT2D eigenvalue weighted by Gasteiger charge is 2.17. The minimum Gasteiger partial charge on any atom is -0.319 e. The van der Waals surface area contributed by atoms with Crippen LogP contribution in [0.3, 0.4) is 0 Å². The molecule has 1 N–H and O–H groups in total. The van der Waals surface area contributed by atoms with Crippen LogP contribution in [0.4, 0.5) is 10.1 Å². The van der Waals surface area contributed by atoms with Crippen molar-refractivity contribution in [2.45, 2.75) is 13.8 Å². The number of aryl methyl sites for hydroxylation is 2. The fraction of sp³-hybridized carbons (Fsp3) is 0.125. The van der Waals surface area contributed by atoms with E-state index in [9.17, 15) is 9.18 Å². The Morgan fingerprint density at radius 3 is 2.77 bits per heavy atom. The number of nitrogens with one attached hydrogen (secondary N) is 1. The molecule has 1 aromatic carbocycles. The molecule has 3 rings (SSSR count). The molecule has 2 heterocycles. The van der Waals surface area contributed by atoms with Crippen molar-refractivity contribution >= 4 is 34.3 Å². The van der Waals surface area contributed by atoms with E-state index < -0.39 is 5.82 Å². The zero-order chi connectivity index (χ0) is 15.7. The predicted octanol–water partition coefficient (Wildman–Crippen LogP) is 4.88. The van der Waals surface area contributed by atoms with Crippen molar-refractivity contribution in [2.24, 2.45) is 0 Å². The Balaban J connectivity index is 1.86. The normalized spacial score (nSPS) is 10.7. The maximum Gasteiger partial charge on any atom is 0.267 e. The quantitative estimate of drug-likeness (QED) is 0.743. The second-order valence-corrected chi connectivity index (χ2v) is 6.66. The summed E-state index contributed by atoms with van der Waals surface area (Å²) in [6.07, 6.45) is 0. The molecule has 0 spiro atoms. The van der Waals surface area contributed by atoms with Crippen molar-refractivity contribution in [3.8, 4) is 10.6 Å². The number of rotatable bonds is 3. The molecule has 0 radical (unpaired) electrons. The number of carbonyl (C=O) groups excluding carboxylic acids is 1. The Bertz CT molecular complexity index is 825. The third-order valence-electron chi connectivity index (χ3n) is 3.14. The number of carbonyl (C=O) groups is 1. The molecule has 0 saturated carbocycles. The van der Waals surface area contributed by atoms with Crippen LogP contribution in [0.25, 0.3) is 10.6 Å². The summed E-state index contributed by atoms with van der Waals surface area (Å²) in [6, 6.07) is 6.68. The van der Waals surface area contributed by atoms with Crippen molar-refractivity contribution in [3.63, 3.8) is 0 Å². The topological polar surface area (TPSA) is 42.0 Å². The maximum atomic E-state index is 13.8. The highest BCUT2D eigenvalue weighted by molar-refractivity contribution is 7.17. The summed E-state index contributed by atoms with van der Waals surface area (Å²) in [5, 5.41) is 7.36. The number of hydrogen-bond acceptors (Lipinski definition) is 4. The SMILES string of the molecule is Cc1ccc(NC(=O)c2sc(-c3ccsc3)nc2C)c(F)c1. The Hall–Kier alpha value is -2.05. The minimum absolute atomic E-state index is 0.181. The standard InChI is InChI=1S/C16H13FN2OS2/c1-9-3-4-13(12(17)7-9)19-15(20)14-10(2)18-16(22-14)11-5-6-21-8-11/h3-8H,1-2H3,(H,19,20). The van der Waals surface area contributed by atoms with Crippen LogP contribution in [-0.2, 0) is 0 Å². The van der Waals surface area contributed by atoms with E-state index in [4.69, 9.17) is 0 Å². The molecule has 3 aromatic rings. The molecule has 0 aliphatic heterocycles.